The van der Waals surface area contributed by atoms with Crippen molar-refractivity contribution >= 4 is 17.7 Å². The lowest BCUT2D eigenvalue weighted by atomic mass is 10.1. The van der Waals surface area contributed by atoms with Gasteiger partial charge in [-0.25, -0.2) is 0 Å². The van der Waals surface area contributed by atoms with Gasteiger partial charge in [0, 0.05) is 13.1 Å². The molecule has 0 unspecified atom stereocenters. The minimum Gasteiger partial charge on any atom is -0.377 e. The van der Waals surface area contributed by atoms with Crippen LogP contribution in [0.25, 0.3) is 0 Å². The van der Waals surface area contributed by atoms with Crippen LogP contribution in [0.15, 0.2) is 24.3 Å². The van der Waals surface area contributed by atoms with E-state index in [1.807, 2.05) is 0 Å². The van der Waals surface area contributed by atoms with Crippen molar-refractivity contribution in [1.82, 2.24) is 9.80 Å². The zero-order chi connectivity index (χ0) is 19.2. The molecule has 1 atom stereocenters. The Balaban J connectivity index is 1.69. The van der Waals surface area contributed by atoms with Crippen molar-refractivity contribution in [2.45, 2.75) is 13.0 Å². The van der Waals surface area contributed by atoms with E-state index in [9.17, 15) is 14.4 Å². The summed E-state index contributed by atoms with van der Waals surface area (Å²) in [5, 5.41) is 0. The highest BCUT2D eigenvalue weighted by Crippen LogP contribution is 2.25. The molecule has 8 nitrogen and oxygen atoms in total. The number of carbonyl (C=O) groups is 3. The van der Waals surface area contributed by atoms with Gasteiger partial charge in [0.05, 0.1) is 50.8 Å². The molecule has 0 spiro atoms. The van der Waals surface area contributed by atoms with Gasteiger partial charge in [0.15, 0.2) is 0 Å². The number of rotatable bonds is 2. The SMILES string of the molecule is C[C@@H](C(=O)N1CCOCCOCCOCC1)N1C(=O)c2ccccc2C1=O. The number of hydrogen-bond acceptors (Lipinski definition) is 6. The molecule has 1 fully saturated rings. The van der Waals surface area contributed by atoms with Gasteiger partial charge in [-0.3, -0.25) is 19.3 Å². The number of amides is 3. The lowest BCUT2D eigenvalue weighted by molar-refractivity contribution is -0.137. The van der Waals surface area contributed by atoms with Gasteiger partial charge >= 0.3 is 0 Å². The molecule has 0 saturated carbocycles. The lowest BCUT2D eigenvalue weighted by Gasteiger charge is -2.29. The summed E-state index contributed by atoms with van der Waals surface area (Å²) in [6.45, 7) is 4.83. The molecule has 0 aromatic heterocycles. The number of ether oxygens (including phenoxy) is 3. The number of imide groups is 1. The Morgan fingerprint density at radius 3 is 1.78 bits per heavy atom. The first-order valence-corrected chi connectivity index (χ1v) is 9.10. The monoisotopic (exact) mass is 376 g/mol. The summed E-state index contributed by atoms with van der Waals surface area (Å²) in [5.41, 5.74) is 0.671. The first-order chi connectivity index (χ1) is 13.1. The number of benzene rings is 1. The molecule has 27 heavy (non-hydrogen) atoms. The van der Waals surface area contributed by atoms with Crippen molar-refractivity contribution in [2.24, 2.45) is 0 Å². The molecule has 8 heteroatoms. The third kappa shape index (κ3) is 4.35. The van der Waals surface area contributed by atoms with Crippen LogP contribution in [0.4, 0.5) is 0 Å². The highest BCUT2D eigenvalue weighted by atomic mass is 16.5. The molecule has 2 aliphatic heterocycles. The predicted octanol–water partition coefficient (Wildman–Crippen LogP) is 0.563. The minimum absolute atomic E-state index is 0.301. The van der Waals surface area contributed by atoms with Crippen LogP contribution in [0.1, 0.15) is 27.6 Å². The predicted molar refractivity (Wildman–Crippen MR) is 95.4 cm³/mol. The van der Waals surface area contributed by atoms with E-state index in [1.165, 1.54) is 0 Å². The van der Waals surface area contributed by atoms with Crippen LogP contribution >= 0.6 is 0 Å². The Bertz CT molecular complexity index is 660. The molecule has 0 radical (unpaired) electrons. The topological polar surface area (TPSA) is 85.4 Å². The zero-order valence-electron chi connectivity index (χ0n) is 15.4. The molecule has 2 aliphatic rings. The summed E-state index contributed by atoms with van der Waals surface area (Å²) in [4.78, 5) is 40.8. The van der Waals surface area contributed by atoms with Crippen molar-refractivity contribution in [1.29, 1.82) is 0 Å². The second kappa shape index (κ2) is 9.07. The second-order valence-electron chi connectivity index (χ2n) is 6.36. The fourth-order valence-electron chi connectivity index (χ4n) is 3.16. The minimum atomic E-state index is -0.895. The van der Waals surface area contributed by atoms with E-state index in [2.05, 4.69) is 0 Å². The van der Waals surface area contributed by atoms with E-state index in [-0.39, 0.29) is 5.91 Å². The Kier molecular flexibility index (Phi) is 6.54. The van der Waals surface area contributed by atoms with Crippen LogP contribution in [-0.2, 0) is 19.0 Å². The third-order valence-electron chi connectivity index (χ3n) is 4.64. The summed E-state index contributed by atoms with van der Waals surface area (Å²) in [7, 11) is 0. The van der Waals surface area contributed by atoms with E-state index in [0.29, 0.717) is 63.9 Å². The van der Waals surface area contributed by atoms with E-state index in [1.54, 1.807) is 36.1 Å². The molecular weight excluding hydrogens is 352 g/mol. The zero-order valence-corrected chi connectivity index (χ0v) is 15.4. The maximum atomic E-state index is 13.0. The number of hydrogen-bond donors (Lipinski definition) is 0. The maximum Gasteiger partial charge on any atom is 0.262 e. The standard InChI is InChI=1S/C19H24N2O6/c1-14(21-18(23)15-4-2-3-5-16(15)19(21)24)17(22)20-6-8-25-10-12-27-13-11-26-9-7-20/h2-5,14H,6-13H2,1H3/t14-/m0/s1. The second-order valence-corrected chi connectivity index (χ2v) is 6.36. The normalized spacial score (nSPS) is 20.6. The molecule has 1 saturated heterocycles. The van der Waals surface area contributed by atoms with Gasteiger partial charge in [-0.05, 0) is 19.1 Å². The highest BCUT2D eigenvalue weighted by Gasteiger charge is 2.41. The Hall–Kier alpha value is -2.29. The van der Waals surface area contributed by atoms with E-state index in [4.69, 9.17) is 14.2 Å². The summed E-state index contributed by atoms with van der Waals surface area (Å²) in [6, 6.07) is 5.72. The highest BCUT2D eigenvalue weighted by molar-refractivity contribution is 6.22. The van der Waals surface area contributed by atoms with Crippen LogP contribution in [0.3, 0.4) is 0 Å². The Morgan fingerprint density at radius 2 is 1.30 bits per heavy atom. The summed E-state index contributed by atoms with van der Waals surface area (Å²) >= 11 is 0. The molecule has 1 aromatic carbocycles. The van der Waals surface area contributed by atoms with Crippen molar-refractivity contribution in [2.75, 3.05) is 52.7 Å². The van der Waals surface area contributed by atoms with E-state index in [0.717, 1.165) is 4.90 Å². The number of fused-ring (bicyclic) bond motifs is 1. The fraction of sp³-hybridized carbons (Fsp3) is 0.526. The lowest BCUT2D eigenvalue weighted by Crippen LogP contribution is -2.51. The third-order valence-corrected chi connectivity index (χ3v) is 4.64. The first-order valence-electron chi connectivity index (χ1n) is 9.10. The van der Waals surface area contributed by atoms with Gasteiger partial charge in [-0.2, -0.15) is 0 Å². The molecule has 0 aliphatic carbocycles. The van der Waals surface area contributed by atoms with Crippen LogP contribution in [0.2, 0.25) is 0 Å². The van der Waals surface area contributed by atoms with Gasteiger partial charge in [0.2, 0.25) is 5.91 Å². The number of nitrogens with zero attached hydrogens (tertiary/aromatic N) is 2. The van der Waals surface area contributed by atoms with Gasteiger partial charge in [-0.15, -0.1) is 0 Å². The van der Waals surface area contributed by atoms with Gasteiger partial charge < -0.3 is 19.1 Å². The molecule has 1 aromatic rings. The fourth-order valence-corrected chi connectivity index (χ4v) is 3.16. The molecule has 0 N–H and O–H groups in total. The van der Waals surface area contributed by atoms with Gasteiger partial charge in [0.25, 0.3) is 11.8 Å². The molecular formula is C19H24N2O6. The van der Waals surface area contributed by atoms with Gasteiger partial charge in [-0.1, -0.05) is 12.1 Å². The van der Waals surface area contributed by atoms with Crippen LogP contribution in [0.5, 0.6) is 0 Å². The molecule has 0 bridgehead atoms. The van der Waals surface area contributed by atoms with Crippen LogP contribution in [-0.4, -0.2) is 86.3 Å². The number of carbonyl (C=O) groups excluding carboxylic acids is 3. The van der Waals surface area contributed by atoms with Crippen molar-refractivity contribution in [3.63, 3.8) is 0 Å². The molecule has 3 rings (SSSR count). The van der Waals surface area contributed by atoms with Crippen molar-refractivity contribution < 1.29 is 28.6 Å². The summed E-state index contributed by atoms with van der Waals surface area (Å²) in [5.74, 6) is -1.17. The van der Waals surface area contributed by atoms with E-state index < -0.39 is 17.9 Å². The Morgan fingerprint density at radius 1 is 0.852 bits per heavy atom. The largest absolute Gasteiger partial charge is 0.377 e. The quantitative estimate of drug-likeness (QED) is 0.702. The average molecular weight is 376 g/mol. The molecule has 146 valence electrons. The molecule has 3 amide bonds. The van der Waals surface area contributed by atoms with Gasteiger partial charge in [0.1, 0.15) is 6.04 Å². The average Bonchev–Trinajstić information content (AvgIpc) is 2.92. The van der Waals surface area contributed by atoms with E-state index >= 15 is 0 Å². The Labute approximate surface area is 158 Å². The smallest absolute Gasteiger partial charge is 0.262 e. The maximum absolute atomic E-state index is 13.0. The summed E-state index contributed by atoms with van der Waals surface area (Å²) in [6.07, 6.45) is 0. The van der Waals surface area contributed by atoms with Crippen molar-refractivity contribution in [3.8, 4) is 0 Å². The summed E-state index contributed by atoms with van der Waals surface area (Å²) < 4.78 is 16.3. The first kappa shape index (κ1) is 19.5. The van der Waals surface area contributed by atoms with Crippen LogP contribution < -0.4 is 0 Å². The van der Waals surface area contributed by atoms with Crippen molar-refractivity contribution in [3.05, 3.63) is 35.4 Å². The molecule has 2 heterocycles. The van der Waals surface area contributed by atoms with Crippen LogP contribution in [0, 0.1) is 0 Å².